The number of cyclic esters (lactones) is 1. The number of fused-ring (bicyclic) bond motifs is 4. The lowest BCUT2D eigenvalue weighted by molar-refractivity contribution is -0.0555. The first-order valence-corrected chi connectivity index (χ1v) is 8.71. The average Bonchev–Trinajstić information content (AvgIpc) is 2.91. The SMILES string of the molecule is CCc1cc(OC)c(C=O)c2c1C(=O)Oc1c(C)c(O)c3c(c1O2)C(O)OC3=O. The minimum atomic E-state index is -1.74. The summed E-state index contributed by atoms with van der Waals surface area (Å²) in [6, 6.07) is 1.54. The largest absolute Gasteiger partial charge is 0.507 e. The van der Waals surface area contributed by atoms with Crippen LogP contribution in [-0.2, 0) is 11.2 Å². The fraction of sp³-hybridized carbons (Fsp3) is 0.250. The van der Waals surface area contributed by atoms with E-state index in [9.17, 15) is 24.6 Å². The zero-order valence-corrected chi connectivity index (χ0v) is 15.7. The Morgan fingerprint density at radius 3 is 2.48 bits per heavy atom. The van der Waals surface area contributed by atoms with Crippen molar-refractivity contribution in [3.63, 3.8) is 0 Å². The first kappa shape index (κ1) is 18.8. The lowest BCUT2D eigenvalue weighted by Gasteiger charge is -2.17. The van der Waals surface area contributed by atoms with E-state index >= 15 is 0 Å². The molecule has 0 spiro atoms. The molecule has 1 unspecified atom stereocenters. The lowest BCUT2D eigenvalue weighted by Crippen LogP contribution is -2.12. The van der Waals surface area contributed by atoms with Gasteiger partial charge in [-0.25, -0.2) is 9.59 Å². The maximum atomic E-state index is 12.9. The fourth-order valence-corrected chi connectivity index (χ4v) is 3.55. The van der Waals surface area contributed by atoms with Crippen LogP contribution in [0.5, 0.6) is 28.7 Å². The molecular weight excluding hydrogens is 384 g/mol. The number of rotatable bonds is 3. The minimum Gasteiger partial charge on any atom is -0.507 e. The van der Waals surface area contributed by atoms with E-state index in [1.54, 1.807) is 13.0 Å². The molecule has 0 aliphatic carbocycles. The van der Waals surface area contributed by atoms with E-state index in [-0.39, 0.29) is 50.8 Å². The van der Waals surface area contributed by atoms with Gasteiger partial charge in [0, 0.05) is 5.56 Å². The van der Waals surface area contributed by atoms with Crippen LogP contribution in [0.25, 0.3) is 0 Å². The van der Waals surface area contributed by atoms with E-state index in [2.05, 4.69) is 0 Å². The fourth-order valence-electron chi connectivity index (χ4n) is 3.55. The Morgan fingerprint density at radius 1 is 1.14 bits per heavy atom. The van der Waals surface area contributed by atoms with Crippen molar-refractivity contribution >= 4 is 18.2 Å². The van der Waals surface area contributed by atoms with Gasteiger partial charge in [-0.05, 0) is 25.0 Å². The Kier molecular flexibility index (Phi) is 4.20. The molecule has 4 rings (SSSR count). The summed E-state index contributed by atoms with van der Waals surface area (Å²) in [4.78, 5) is 36.8. The van der Waals surface area contributed by atoms with E-state index in [4.69, 9.17) is 18.9 Å². The molecule has 1 atom stereocenters. The normalized spacial score (nSPS) is 16.6. The summed E-state index contributed by atoms with van der Waals surface area (Å²) in [5, 5.41) is 20.6. The summed E-state index contributed by atoms with van der Waals surface area (Å²) in [6.45, 7) is 3.22. The molecule has 0 saturated carbocycles. The molecule has 0 fully saturated rings. The summed E-state index contributed by atoms with van der Waals surface area (Å²) >= 11 is 0. The van der Waals surface area contributed by atoms with Crippen LogP contribution in [0, 0.1) is 6.92 Å². The van der Waals surface area contributed by atoms with Crippen molar-refractivity contribution in [1.29, 1.82) is 0 Å². The van der Waals surface area contributed by atoms with E-state index in [0.29, 0.717) is 18.3 Å². The summed E-state index contributed by atoms with van der Waals surface area (Å²) in [7, 11) is 1.37. The van der Waals surface area contributed by atoms with Crippen LogP contribution >= 0.6 is 0 Å². The van der Waals surface area contributed by atoms with Gasteiger partial charge in [0.05, 0.1) is 18.2 Å². The van der Waals surface area contributed by atoms with Gasteiger partial charge < -0.3 is 29.2 Å². The van der Waals surface area contributed by atoms with Crippen molar-refractivity contribution in [2.45, 2.75) is 26.6 Å². The average molecular weight is 400 g/mol. The second-order valence-electron chi connectivity index (χ2n) is 6.50. The molecule has 0 bridgehead atoms. The third-order valence-corrected chi connectivity index (χ3v) is 5.01. The molecule has 2 aliphatic heterocycles. The molecule has 0 amide bonds. The zero-order valence-electron chi connectivity index (χ0n) is 15.7. The Morgan fingerprint density at radius 2 is 1.86 bits per heavy atom. The molecule has 2 aromatic rings. The van der Waals surface area contributed by atoms with Crippen LogP contribution in [-0.4, -0.2) is 35.5 Å². The third kappa shape index (κ3) is 2.47. The lowest BCUT2D eigenvalue weighted by atomic mass is 9.99. The first-order chi connectivity index (χ1) is 13.8. The number of benzene rings is 2. The smallest absolute Gasteiger partial charge is 0.347 e. The van der Waals surface area contributed by atoms with Crippen LogP contribution in [0.3, 0.4) is 0 Å². The highest BCUT2D eigenvalue weighted by Crippen LogP contribution is 2.53. The molecule has 2 heterocycles. The molecule has 9 nitrogen and oxygen atoms in total. The van der Waals surface area contributed by atoms with E-state index in [1.165, 1.54) is 14.0 Å². The van der Waals surface area contributed by atoms with Crippen molar-refractivity contribution in [1.82, 2.24) is 0 Å². The quantitative estimate of drug-likeness (QED) is 0.454. The predicted molar refractivity (Wildman–Crippen MR) is 96.0 cm³/mol. The number of carbonyl (C=O) groups excluding carboxylic acids is 3. The summed E-state index contributed by atoms with van der Waals surface area (Å²) in [5.74, 6) is -2.58. The molecule has 0 aromatic heterocycles. The molecule has 0 saturated heterocycles. The summed E-state index contributed by atoms with van der Waals surface area (Å²) in [5.41, 5.74) is 0.0453. The number of hydrogen-bond donors (Lipinski definition) is 2. The number of aliphatic hydroxyl groups is 1. The number of phenolic OH excluding ortho intramolecular Hbond substituents is 1. The number of aryl methyl sites for hydroxylation is 1. The molecule has 2 aliphatic rings. The van der Waals surface area contributed by atoms with E-state index in [0.717, 1.165) is 0 Å². The molecule has 2 aromatic carbocycles. The molecule has 2 N–H and O–H groups in total. The summed E-state index contributed by atoms with van der Waals surface area (Å²) in [6.07, 6.45) is -0.867. The number of carbonyl (C=O) groups is 3. The van der Waals surface area contributed by atoms with E-state index < -0.39 is 24.0 Å². The predicted octanol–water partition coefficient (Wildman–Crippen LogP) is 2.57. The van der Waals surface area contributed by atoms with E-state index in [1.807, 2.05) is 0 Å². The van der Waals surface area contributed by atoms with Crippen LogP contribution in [0.1, 0.15) is 61.0 Å². The first-order valence-electron chi connectivity index (χ1n) is 8.71. The monoisotopic (exact) mass is 400 g/mol. The third-order valence-electron chi connectivity index (χ3n) is 5.01. The topological polar surface area (TPSA) is 129 Å². The summed E-state index contributed by atoms with van der Waals surface area (Å²) < 4.78 is 21.4. The maximum Gasteiger partial charge on any atom is 0.347 e. The van der Waals surface area contributed by atoms with Crippen LogP contribution in [0.15, 0.2) is 6.07 Å². The van der Waals surface area contributed by atoms with Crippen molar-refractivity contribution in [3.8, 4) is 28.7 Å². The minimum absolute atomic E-state index is 0.0129. The number of methoxy groups -OCH3 is 1. The van der Waals surface area contributed by atoms with Gasteiger partial charge in [-0.2, -0.15) is 0 Å². The number of aliphatic hydroxyl groups excluding tert-OH is 1. The van der Waals surface area contributed by atoms with Crippen molar-refractivity contribution < 1.29 is 43.5 Å². The van der Waals surface area contributed by atoms with Gasteiger partial charge in [-0.1, -0.05) is 6.92 Å². The molecule has 29 heavy (non-hydrogen) atoms. The maximum absolute atomic E-state index is 12.9. The number of hydrogen-bond acceptors (Lipinski definition) is 9. The standard InChI is InChI=1S/C20H16O9/c1-4-8-5-10(26-3)9(6-21)16-11(8)18(23)28-15-7(2)14(22)12-13(17(15)27-16)20(25)29-19(12)24/h5-6,20,22,25H,4H2,1-3H3. The van der Waals surface area contributed by atoms with Gasteiger partial charge >= 0.3 is 11.9 Å². The number of phenols is 1. The van der Waals surface area contributed by atoms with Crippen molar-refractivity contribution in [2.24, 2.45) is 0 Å². The molecular formula is C20H16O9. The second kappa shape index (κ2) is 6.49. The number of aldehydes is 1. The van der Waals surface area contributed by atoms with Gasteiger partial charge in [-0.3, -0.25) is 4.79 Å². The van der Waals surface area contributed by atoms with Crippen molar-refractivity contribution in [3.05, 3.63) is 39.4 Å². The van der Waals surface area contributed by atoms with Gasteiger partial charge in [0.2, 0.25) is 6.29 Å². The Bertz CT molecular complexity index is 1100. The van der Waals surface area contributed by atoms with Crippen molar-refractivity contribution in [2.75, 3.05) is 7.11 Å². The van der Waals surface area contributed by atoms with Gasteiger partial charge in [-0.15, -0.1) is 0 Å². The van der Waals surface area contributed by atoms with Crippen LogP contribution in [0.4, 0.5) is 0 Å². The Labute approximate surface area is 164 Å². The van der Waals surface area contributed by atoms with Gasteiger partial charge in [0.1, 0.15) is 22.6 Å². The van der Waals surface area contributed by atoms with Crippen LogP contribution in [0.2, 0.25) is 0 Å². The molecule has 150 valence electrons. The highest BCUT2D eigenvalue weighted by Gasteiger charge is 2.42. The molecule has 0 radical (unpaired) electrons. The second-order valence-corrected chi connectivity index (χ2v) is 6.50. The van der Waals surface area contributed by atoms with Crippen LogP contribution < -0.4 is 14.2 Å². The number of aromatic hydroxyl groups is 1. The Balaban J connectivity index is 2.10. The highest BCUT2D eigenvalue weighted by molar-refractivity contribution is 6.03. The van der Waals surface area contributed by atoms with Gasteiger partial charge in [0.15, 0.2) is 23.5 Å². The highest BCUT2D eigenvalue weighted by atomic mass is 16.6. The number of ether oxygens (including phenoxy) is 4. The Hall–Kier alpha value is -3.59. The number of esters is 2. The zero-order chi connectivity index (χ0) is 21.0. The molecule has 9 heteroatoms. The van der Waals surface area contributed by atoms with Gasteiger partial charge in [0.25, 0.3) is 0 Å².